The van der Waals surface area contributed by atoms with Crippen LogP contribution in [0.15, 0.2) is 30.9 Å². The first-order chi connectivity index (χ1) is 15.6. The molecule has 8 nitrogen and oxygen atoms in total. The molecule has 5 N–H and O–H groups in total. The molecule has 168 valence electrons. The number of fused-ring (bicyclic) bond motifs is 9. The summed E-state index contributed by atoms with van der Waals surface area (Å²) in [5.74, 6) is 2.06. The highest BCUT2D eigenvalue weighted by atomic mass is 16.7. The highest BCUT2D eigenvalue weighted by Crippen LogP contribution is 2.53. The zero-order valence-electron chi connectivity index (χ0n) is 17.7. The van der Waals surface area contributed by atoms with Crippen molar-refractivity contribution in [2.45, 2.75) is 37.0 Å². The Morgan fingerprint density at radius 2 is 2.12 bits per heavy atom. The lowest BCUT2D eigenvalue weighted by atomic mass is 9.75. The molecule has 4 aliphatic heterocycles. The summed E-state index contributed by atoms with van der Waals surface area (Å²) in [6.45, 7) is 5.59. The molecule has 1 saturated heterocycles. The molecule has 4 heterocycles. The van der Waals surface area contributed by atoms with Crippen LogP contribution in [0.4, 0.5) is 0 Å². The minimum atomic E-state index is -0.135. The maximum atomic E-state index is 10.8. The summed E-state index contributed by atoms with van der Waals surface area (Å²) >= 11 is 0. The molecule has 0 amide bonds. The number of aromatic hydroxyl groups is 2. The normalized spacial score (nSPS) is 27.3. The molecule has 0 radical (unpaired) electrons. The molecule has 32 heavy (non-hydrogen) atoms. The number of phenols is 2. The quantitative estimate of drug-likeness (QED) is 0.424. The monoisotopic (exact) mass is 437 g/mol. The number of piperazine rings is 1. The third-order valence-corrected chi connectivity index (χ3v) is 7.22. The summed E-state index contributed by atoms with van der Waals surface area (Å²) in [5.41, 5.74) is 10.3. The van der Waals surface area contributed by atoms with Gasteiger partial charge in [-0.05, 0) is 24.5 Å². The lowest BCUT2D eigenvalue weighted by Crippen LogP contribution is -2.64. The summed E-state index contributed by atoms with van der Waals surface area (Å²) in [6.07, 6.45) is 3.19. The van der Waals surface area contributed by atoms with Crippen LogP contribution < -0.4 is 25.3 Å². The summed E-state index contributed by atoms with van der Waals surface area (Å²) in [5, 5.41) is 24.7. The van der Waals surface area contributed by atoms with Crippen molar-refractivity contribution in [2.24, 2.45) is 5.73 Å². The average Bonchev–Trinajstić information content (AvgIpc) is 3.27. The van der Waals surface area contributed by atoms with Crippen LogP contribution in [0.5, 0.6) is 28.7 Å². The van der Waals surface area contributed by atoms with E-state index in [2.05, 4.69) is 16.8 Å². The van der Waals surface area contributed by atoms with Gasteiger partial charge in [-0.2, -0.15) is 0 Å². The summed E-state index contributed by atoms with van der Waals surface area (Å²) < 4.78 is 17.6. The number of nitrogens with two attached hydrogens (primary N) is 1. The smallest absolute Gasteiger partial charge is 0.231 e. The average molecular weight is 437 g/mol. The number of rotatable bonds is 4. The molecule has 0 aromatic heterocycles. The molecule has 2 aromatic rings. The van der Waals surface area contributed by atoms with Gasteiger partial charge in [0.2, 0.25) is 6.79 Å². The van der Waals surface area contributed by atoms with E-state index in [1.165, 1.54) is 0 Å². The molecule has 6 rings (SSSR count). The van der Waals surface area contributed by atoms with E-state index in [0.717, 1.165) is 46.7 Å². The Bertz CT molecular complexity index is 1100. The van der Waals surface area contributed by atoms with Crippen LogP contribution in [0.25, 0.3) is 0 Å². The number of nitrogens with one attached hydrogen (secondary N) is 1. The van der Waals surface area contributed by atoms with E-state index in [4.69, 9.17) is 19.9 Å². The third-order valence-electron chi connectivity index (χ3n) is 7.22. The minimum absolute atomic E-state index is 0.0329. The summed E-state index contributed by atoms with van der Waals surface area (Å²) in [7, 11) is 0. The number of hydrogen-bond donors (Lipinski definition) is 4. The van der Waals surface area contributed by atoms with Crippen molar-refractivity contribution in [3.05, 3.63) is 53.1 Å². The van der Waals surface area contributed by atoms with Gasteiger partial charge in [0, 0.05) is 47.9 Å². The van der Waals surface area contributed by atoms with Gasteiger partial charge in [0.25, 0.3) is 0 Å². The molecule has 0 spiro atoms. The van der Waals surface area contributed by atoms with Crippen molar-refractivity contribution in [2.75, 3.05) is 26.5 Å². The largest absolute Gasteiger partial charge is 0.504 e. The van der Waals surface area contributed by atoms with E-state index < -0.39 is 0 Å². The number of benzene rings is 2. The molecular formula is C24H27N3O5. The Balaban J connectivity index is 1.51. The van der Waals surface area contributed by atoms with Crippen LogP contribution in [0.2, 0.25) is 0 Å². The minimum Gasteiger partial charge on any atom is -0.504 e. The first kappa shape index (κ1) is 19.7. The highest BCUT2D eigenvalue weighted by molar-refractivity contribution is 5.62. The molecule has 2 unspecified atom stereocenters. The summed E-state index contributed by atoms with van der Waals surface area (Å²) in [4.78, 5) is 2.43. The van der Waals surface area contributed by atoms with E-state index >= 15 is 0 Å². The standard InChI is InChI=1S/C24H27N3O5/c1-2-5-30-18-8-19-24(32-11-31-19)21-14(18)7-15-22-20-12(3-4-17(28)23(20)29)6-13(26-22)10-27(15)16(21)9-25/h2-4,8,13,15-16,22,26,28-29H,1,5-7,9-11,25H2/t13-,15?,16?,22-/m0/s1. The Hall–Kier alpha value is -2.94. The lowest BCUT2D eigenvalue weighted by Gasteiger charge is -2.54. The van der Waals surface area contributed by atoms with Gasteiger partial charge in [-0.3, -0.25) is 4.90 Å². The summed E-state index contributed by atoms with van der Waals surface area (Å²) in [6, 6.07) is 5.45. The first-order valence-electron chi connectivity index (χ1n) is 11.0. The predicted molar refractivity (Wildman–Crippen MR) is 117 cm³/mol. The van der Waals surface area contributed by atoms with Gasteiger partial charge in [-0.25, -0.2) is 0 Å². The Kier molecular flexibility index (Phi) is 4.50. The fourth-order valence-electron chi connectivity index (χ4n) is 5.97. The van der Waals surface area contributed by atoms with Crippen molar-refractivity contribution in [1.82, 2.24) is 10.2 Å². The topological polar surface area (TPSA) is 109 Å². The molecule has 1 fully saturated rings. The van der Waals surface area contributed by atoms with Gasteiger partial charge < -0.3 is 35.5 Å². The third kappa shape index (κ3) is 2.73. The van der Waals surface area contributed by atoms with Crippen LogP contribution in [0.1, 0.15) is 34.3 Å². The second kappa shape index (κ2) is 7.30. The van der Waals surface area contributed by atoms with Crippen LogP contribution in [-0.2, 0) is 12.8 Å². The van der Waals surface area contributed by atoms with Gasteiger partial charge in [-0.1, -0.05) is 18.7 Å². The first-order valence-corrected chi connectivity index (χ1v) is 11.0. The van der Waals surface area contributed by atoms with Crippen LogP contribution >= 0.6 is 0 Å². The van der Waals surface area contributed by atoms with E-state index in [-0.39, 0.29) is 42.5 Å². The molecule has 2 aromatic carbocycles. The van der Waals surface area contributed by atoms with E-state index in [1.807, 2.05) is 12.1 Å². The van der Waals surface area contributed by atoms with Gasteiger partial charge in [0.05, 0.1) is 12.1 Å². The maximum absolute atomic E-state index is 10.8. The van der Waals surface area contributed by atoms with Crippen molar-refractivity contribution < 1.29 is 24.4 Å². The second-order valence-corrected chi connectivity index (χ2v) is 8.87. The van der Waals surface area contributed by atoms with Crippen LogP contribution in [0.3, 0.4) is 0 Å². The number of nitrogens with zero attached hydrogens (tertiary/aromatic N) is 1. The van der Waals surface area contributed by atoms with Crippen molar-refractivity contribution >= 4 is 0 Å². The fraction of sp³-hybridized carbons (Fsp3) is 0.417. The van der Waals surface area contributed by atoms with Gasteiger partial charge in [0.15, 0.2) is 23.0 Å². The van der Waals surface area contributed by atoms with Crippen LogP contribution in [-0.4, -0.2) is 53.7 Å². The zero-order valence-corrected chi connectivity index (χ0v) is 17.7. The Morgan fingerprint density at radius 1 is 1.25 bits per heavy atom. The van der Waals surface area contributed by atoms with Crippen molar-refractivity contribution in [1.29, 1.82) is 0 Å². The van der Waals surface area contributed by atoms with E-state index in [0.29, 0.717) is 25.3 Å². The Morgan fingerprint density at radius 3 is 2.94 bits per heavy atom. The molecule has 4 aliphatic rings. The second-order valence-electron chi connectivity index (χ2n) is 8.87. The molecule has 2 bridgehead atoms. The number of phenolic OH excluding ortho intramolecular Hbond substituents is 2. The predicted octanol–water partition coefficient (Wildman–Crippen LogP) is 1.89. The van der Waals surface area contributed by atoms with E-state index in [1.54, 1.807) is 12.1 Å². The lowest BCUT2D eigenvalue weighted by molar-refractivity contribution is 0.0303. The Labute approximate surface area is 186 Å². The van der Waals surface area contributed by atoms with Gasteiger partial charge in [0.1, 0.15) is 12.4 Å². The van der Waals surface area contributed by atoms with Crippen molar-refractivity contribution in [3.63, 3.8) is 0 Å². The van der Waals surface area contributed by atoms with Crippen molar-refractivity contribution in [3.8, 4) is 28.7 Å². The molecule has 0 saturated carbocycles. The maximum Gasteiger partial charge on any atom is 0.231 e. The van der Waals surface area contributed by atoms with Gasteiger partial charge >= 0.3 is 0 Å². The molecular weight excluding hydrogens is 410 g/mol. The number of ether oxygens (including phenoxy) is 3. The van der Waals surface area contributed by atoms with Crippen LogP contribution in [0, 0.1) is 0 Å². The zero-order chi connectivity index (χ0) is 22.0. The van der Waals surface area contributed by atoms with E-state index in [9.17, 15) is 10.2 Å². The SMILES string of the molecule is C=CCOc1cc2c(c3c1CC1[C@@H]4N[C@@H](Cc5ccc(O)c(O)c54)CN1C3CN)OCO2. The number of hydrogen-bond acceptors (Lipinski definition) is 8. The van der Waals surface area contributed by atoms with Gasteiger partial charge in [-0.15, -0.1) is 0 Å². The highest BCUT2D eigenvalue weighted by Gasteiger charge is 2.49. The fourth-order valence-corrected chi connectivity index (χ4v) is 5.97. The molecule has 0 aliphatic carbocycles. The molecule has 4 atom stereocenters. The molecule has 8 heteroatoms.